The molecule has 0 fully saturated rings. The van der Waals surface area contributed by atoms with E-state index in [1.807, 2.05) is 4.72 Å². The fraction of sp³-hybridized carbons (Fsp3) is 0. The first kappa shape index (κ1) is 20.1. The Bertz CT molecular complexity index is 1140. The van der Waals surface area contributed by atoms with E-state index in [4.69, 9.17) is 0 Å². The van der Waals surface area contributed by atoms with Gasteiger partial charge in [0.05, 0.1) is 0 Å². The van der Waals surface area contributed by atoms with Crippen molar-refractivity contribution >= 4 is 49.0 Å². The van der Waals surface area contributed by atoms with Crippen LogP contribution in [0.1, 0.15) is 11.1 Å². The third kappa shape index (κ3) is 5.12. The number of rotatable bonds is 6. The van der Waals surface area contributed by atoms with Crippen molar-refractivity contribution in [3.8, 4) is 0 Å². The van der Waals surface area contributed by atoms with Crippen molar-refractivity contribution in [2.24, 2.45) is 0 Å². The predicted molar refractivity (Wildman–Crippen MR) is 95.4 cm³/mol. The number of anilines is 1. The highest BCUT2D eigenvalue weighted by atomic mass is 32.2. The van der Waals surface area contributed by atoms with E-state index in [9.17, 15) is 34.4 Å². The zero-order valence-electron chi connectivity index (χ0n) is 12.8. The largest absolute Gasteiger partial charge is 0.295 e. The van der Waals surface area contributed by atoms with E-state index in [2.05, 4.69) is 0 Å². The molecule has 0 spiro atoms. The van der Waals surface area contributed by atoms with Gasteiger partial charge in [-0.2, -0.15) is 16.8 Å². The molecule has 0 atom stereocenters. The lowest BCUT2D eigenvalue weighted by molar-refractivity contribution is 0.480. The second-order valence-corrected chi connectivity index (χ2v) is 8.46. The smallest absolute Gasteiger partial charge is 0.286 e. The summed E-state index contributed by atoms with van der Waals surface area (Å²) < 4.78 is 87.7. The fourth-order valence-electron chi connectivity index (χ4n) is 2.10. The summed E-state index contributed by atoms with van der Waals surface area (Å²) in [4.78, 5) is -0.966. The van der Waals surface area contributed by atoms with Crippen LogP contribution in [0.2, 0.25) is 0 Å². The molecule has 9 nitrogen and oxygen atoms in total. The van der Waals surface area contributed by atoms with Gasteiger partial charge >= 0.3 is 0 Å². The van der Waals surface area contributed by atoms with Crippen LogP contribution in [0.4, 0.5) is 5.69 Å². The zero-order valence-corrected chi connectivity index (χ0v) is 15.3. The summed E-state index contributed by atoms with van der Waals surface area (Å²) in [5.74, 6) is 0. The van der Waals surface area contributed by atoms with Crippen LogP contribution in [0.25, 0.3) is 12.2 Å². The number of hydrogen-bond donors (Lipinski definition) is 4. The Morgan fingerprint density at radius 3 is 1.88 bits per heavy atom. The Morgan fingerprint density at radius 2 is 1.35 bits per heavy atom. The molecule has 0 aromatic heterocycles. The molecule has 3 N–H and O–H groups in total. The molecule has 0 radical (unpaired) electrons. The summed E-state index contributed by atoms with van der Waals surface area (Å²) in [6.45, 7) is 0. The summed E-state index contributed by atoms with van der Waals surface area (Å²) in [6, 6.07) is 8.84. The third-order valence-electron chi connectivity index (χ3n) is 3.15. The van der Waals surface area contributed by atoms with Gasteiger partial charge in [-0.25, -0.2) is 8.42 Å². The van der Waals surface area contributed by atoms with Crippen LogP contribution in [0.3, 0.4) is 0 Å². The molecule has 0 aliphatic heterocycles. The SMILES string of the molecule is O=[SH](=O)Nc1ccc(C=Cc2ccccc2S(=O)(=O)O)c(S(=O)(=O)O)c1. The summed E-state index contributed by atoms with van der Waals surface area (Å²) in [7, 11) is -12.2. The molecular weight excluding hydrogens is 406 g/mol. The number of benzene rings is 2. The van der Waals surface area contributed by atoms with Crippen molar-refractivity contribution in [3.63, 3.8) is 0 Å². The molecule has 0 amide bonds. The van der Waals surface area contributed by atoms with Gasteiger partial charge in [-0.3, -0.25) is 13.8 Å². The van der Waals surface area contributed by atoms with E-state index in [1.54, 1.807) is 0 Å². The van der Waals surface area contributed by atoms with Crippen molar-refractivity contribution in [2.75, 3.05) is 4.72 Å². The van der Waals surface area contributed by atoms with Crippen LogP contribution in [0, 0.1) is 0 Å². The van der Waals surface area contributed by atoms with Gasteiger partial charge in [0.15, 0.2) is 0 Å². The van der Waals surface area contributed by atoms with Gasteiger partial charge in [-0.05, 0) is 29.3 Å². The summed E-state index contributed by atoms with van der Waals surface area (Å²) in [5.41, 5.74) is -0.0188. The molecule has 0 saturated carbocycles. The fourth-order valence-corrected chi connectivity index (χ4v) is 3.85. The number of thiol groups is 1. The summed E-state index contributed by atoms with van der Waals surface area (Å²) in [5, 5.41) is 0. The lowest BCUT2D eigenvalue weighted by Crippen LogP contribution is -2.03. The lowest BCUT2D eigenvalue weighted by atomic mass is 10.1. The van der Waals surface area contributed by atoms with E-state index >= 15 is 0 Å². The van der Waals surface area contributed by atoms with Gasteiger partial charge in [0.2, 0.25) is 10.9 Å². The quantitative estimate of drug-likeness (QED) is 0.310. The maximum Gasteiger partial charge on any atom is 0.295 e. The molecule has 2 aromatic carbocycles. The van der Waals surface area contributed by atoms with Crippen LogP contribution in [0.15, 0.2) is 52.3 Å². The highest BCUT2D eigenvalue weighted by Gasteiger charge is 2.16. The van der Waals surface area contributed by atoms with Crippen molar-refractivity contribution < 1.29 is 34.4 Å². The maximum absolute atomic E-state index is 11.5. The minimum Gasteiger partial charge on any atom is -0.286 e. The Morgan fingerprint density at radius 1 is 0.808 bits per heavy atom. The van der Waals surface area contributed by atoms with E-state index in [0.717, 1.165) is 12.1 Å². The van der Waals surface area contributed by atoms with Crippen molar-refractivity contribution in [3.05, 3.63) is 53.6 Å². The van der Waals surface area contributed by atoms with Crippen LogP contribution in [-0.2, 0) is 31.1 Å². The molecule has 140 valence electrons. The molecule has 12 heteroatoms. The Kier molecular flexibility index (Phi) is 5.83. The molecular formula is C14H13NO8S3. The Balaban J connectivity index is 2.55. The van der Waals surface area contributed by atoms with Crippen LogP contribution in [0.5, 0.6) is 0 Å². The average Bonchev–Trinajstić information content (AvgIpc) is 2.51. The van der Waals surface area contributed by atoms with Gasteiger partial charge in [0.25, 0.3) is 20.2 Å². The molecule has 2 rings (SSSR count). The third-order valence-corrected chi connectivity index (χ3v) is 5.43. The monoisotopic (exact) mass is 419 g/mol. The van der Waals surface area contributed by atoms with Gasteiger partial charge in [-0.1, -0.05) is 36.4 Å². The van der Waals surface area contributed by atoms with Gasteiger partial charge in [0, 0.05) is 5.69 Å². The number of nitrogens with one attached hydrogen (secondary N) is 1. The number of hydrogen-bond acceptors (Lipinski definition) is 6. The second-order valence-electron chi connectivity index (χ2n) is 4.94. The zero-order chi connectivity index (χ0) is 19.5. The molecule has 2 aromatic rings. The van der Waals surface area contributed by atoms with Gasteiger partial charge in [0.1, 0.15) is 9.79 Å². The van der Waals surface area contributed by atoms with Crippen molar-refractivity contribution in [1.29, 1.82) is 0 Å². The van der Waals surface area contributed by atoms with E-state index in [0.29, 0.717) is 0 Å². The summed E-state index contributed by atoms with van der Waals surface area (Å²) in [6.07, 6.45) is 2.43. The van der Waals surface area contributed by atoms with Crippen molar-refractivity contribution in [1.82, 2.24) is 0 Å². The predicted octanol–water partition coefficient (Wildman–Crippen LogP) is 1.29. The molecule has 26 heavy (non-hydrogen) atoms. The Hall–Kier alpha value is -2.25. The first-order chi connectivity index (χ1) is 12.0. The maximum atomic E-state index is 11.5. The minimum atomic E-state index is -4.69. The molecule has 0 saturated heterocycles. The molecule has 0 aliphatic carbocycles. The molecule has 0 bridgehead atoms. The topological polar surface area (TPSA) is 155 Å². The van der Waals surface area contributed by atoms with E-state index in [1.165, 1.54) is 42.5 Å². The minimum absolute atomic E-state index is 0.0238. The van der Waals surface area contributed by atoms with Crippen molar-refractivity contribution in [2.45, 2.75) is 9.79 Å². The first-order valence-electron chi connectivity index (χ1n) is 6.75. The standard InChI is InChI=1S/C14H13NO8S3/c16-24(17)15-12-8-7-11(14(9-12)26(21,22)23)6-5-10-3-1-2-4-13(10)25(18,19)20/h1-9,24H,(H,15,16,17)(H,18,19,20)(H,21,22,23). The summed E-state index contributed by atoms with van der Waals surface area (Å²) >= 11 is 0. The molecule has 0 unspecified atom stereocenters. The van der Waals surface area contributed by atoms with Crippen LogP contribution < -0.4 is 4.72 Å². The average molecular weight is 419 g/mol. The molecule has 0 heterocycles. The first-order valence-corrected chi connectivity index (χ1v) is 10.8. The van der Waals surface area contributed by atoms with Gasteiger partial charge in [-0.15, -0.1) is 0 Å². The normalized spacial score (nSPS) is 12.6. The highest BCUT2D eigenvalue weighted by molar-refractivity contribution is 7.86. The van der Waals surface area contributed by atoms with Gasteiger partial charge < -0.3 is 0 Å². The van der Waals surface area contributed by atoms with Crippen LogP contribution >= 0.6 is 0 Å². The molecule has 0 aliphatic rings. The Labute approximate surface area is 151 Å². The highest BCUT2D eigenvalue weighted by Crippen LogP contribution is 2.24. The van der Waals surface area contributed by atoms with E-state index < -0.39 is 36.0 Å². The van der Waals surface area contributed by atoms with E-state index in [-0.39, 0.29) is 21.7 Å². The lowest BCUT2D eigenvalue weighted by Gasteiger charge is -2.07. The van der Waals surface area contributed by atoms with Crippen LogP contribution in [-0.4, -0.2) is 34.4 Å². The second kappa shape index (κ2) is 7.55.